The van der Waals surface area contributed by atoms with E-state index in [4.69, 9.17) is 0 Å². The number of nitrogens with one attached hydrogen (secondary N) is 1. The normalized spacial score (nSPS) is 16.7. The number of hydrogen-bond donors (Lipinski definition) is 1. The Morgan fingerprint density at radius 1 is 1.00 bits per heavy atom. The van der Waals surface area contributed by atoms with Crippen molar-refractivity contribution in [3.05, 3.63) is 110 Å². The van der Waals surface area contributed by atoms with Crippen LogP contribution >= 0.6 is 0 Å². The minimum Gasteiger partial charge on any atom is -0.348 e. The van der Waals surface area contributed by atoms with Crippen LogP contribution in [0.3, 0.4) is 0 Å². The molecule has 0 saturated heterocycles. The van der Waals surface area contributed by atoms with Crippen molar-refractivity contribution >= 4 is 23.2 Å². The van der Waals surface area contributed by atoms with Crippen molar-refractivity contribution in [3.63, 3.8) is 0 Å². The molecule has 0 spiro atoms. The molecule has 1 saturated carbocycles. The summed E-state index contributed by atoms with van der Waals surface area (Å²) in [7, 11) is 1.77. The van der Waals surface area contributed by atoms with Gasteiger partial charge in [-0.25, -0.2) is 18.7 Å². The van der Waals surface area contributed by atoms with Crippen LogP contribution in [0.4, 0.5) is 4.39 Å². The molecule has 5 aromatic rings. The molecule has 1 N–H and O–H groups in total. The Hall–Kier alpha value is -5.19. The van der Waals surface area contributed by atoms with Crippen molar-refractivity contribution in [1.29, 1.82) is 0 Å². The van der Waals surface area contributed by atoms with Gasteiger partial charge in [-0.1, -0.05) is 36.4 Å². The number of amides is 1. The third-order valence-electron chi connectivity index (χ3n) is 8.12. The first-order chi connectivity index (χ1) is 20.7. The van der Waals surface area contributed by atoms with E-state index < -0.39 is 23.1 Å². The van der Waals surface area contributed by atoms with Crippen LogP contribution in [0.15, 0.2) is 76.4 Å². The Kier molecular flexibility index (Phi) is 7.31. The predicted octanol–water partition coefficient (Wildman–Crippen LogP) is 4.12. The van der Waals surface area contributed by atoms with Gasteiger partial charge in [0.1, 0.15) is 17.8 Å². The zero-order valence-electron chi connectivity index (χ0n) is 23.7. The quantitative estimate of drug-likeness (QED) is 0.302. The summed E-state index contributed by atoms with van der Waals surface area (Å²) in [5, 5.41) is 7.25. The molecular formula is C32H29FN6O4. The number of benzene rings is 2. The largest absolute Gasteiger partial charge is 0.348 e. The molecule has 0 radical (unpaired) electrons. The van der Waals surface area contributed by atoms with Crippen molar-refractivity contribution in [3.8, 4) is 16.8 Å². The van der Waals surface area contributed by atoms with Crippen LogP contribution in [0, 0.1) is 12.7 Å². The van der Waals surface area contributed by atoms with Crippen molar-refractivity contribution < 1.29 is 14.0 Å². The van der Waals surface area contributed by atoms with E-state index in [1.165, 1.54) is 9.13 Å². The molecule has 0 bridgehead atoms. The van der Waals surface area contributed by atoms with E-state index in [9.17, 15) is 23.6 Å². The summed E-state index contributed by atoms with van der Waals surface area (Å²) in [5.74, 6) is -0.943. The molecule has 0 unspecified atom stereocenters. The molecule has 1 aliphatic carbocycles. The van der Waals surface area contributed by atoms with Crippen LogP contribution in [0.5, 0.6) is 0 Å². The maximum absolute atomic E-state index is 14.3. The predicted molar refractivity (Wildman–Crippen MR) is 159 cm³/mol. The molecule has 10 nitrogen and oxygen atoms in total. The number of aryl methyl sites for hydroxylation is 2. The van der Waals surface area contributed by atoms with Crippen LogP contribution in [0.1, 0.15) is 58.3 Å². The Balaban J connectivity index is 1.35. The summed E-state index contributed by atoms with van der Waals surface area (Å²) in [5.41, 5.74) is 2.73. The fourth-order valence-electron chi connectivity index (χ4n) is 5.73. The smallest absolute Gasteiger partial charge is 0.337 e. The maximum Gasteiger partial charge on any atom is 0.337 e. The first-order valence-corrected chi connectivity index (χ1v) is 14.0. The number of fused-ring (bicyclic) bond motifs is 1. The first-order valence-electron chi connectivity index (χ1n) is 14.0. The zero-order chi connectivity index (χ0) is 30.2. The maximum atomic E-state index is 14.3. The number of carbonyl (C=O) groups is 2. The van der Waals surface area contributed by atoms with Gasteiger partial charge in [-0.15, -0.1) is 0 Å². The number of nitrogens with zero attached hydrogens (tertiary/aromatic N) is 5. The van der Waals surface area contributed by atoms with E-state index in [2.05, 4.69) is 15.4 Å². The average molecular weight is 581 g/mol. The lowest BCUT2D eigenvalue weighted by Gasteiger charge is -2.30. The van der Waals surface area contributed by atoms with Crippen LogP contribution in [0.25, 0.3) is 27.8 Å². The second-order valence-electron chi connectivity index (χ2n) is 10.9. The van der Waals surface area contributed by atoms with Gasteiger partial charge < -0.3 is 5.32 Å². The third-order valence-corrected chi connectivity index (χ3v) is 8.12. The lowest BCUT2D eigenvalue weighted by Crippen LogP contribution is -2.45. The fourth-order valence-corrected chi connectivity index (χ4v) is 5.73. The second kappa shape index (κ2) is 11.2. The summed E-state index contributed by atoms with van der Waals surface area (Å²) in [4.78, 5) is 55.7. The van der Waals surface area contributed by atoms with Gasteiger partial charge in [0.15, 0.2) is 5.65 Å². The van der Waals surface area contributed by atoms with Crippen LogP contribution in [-0.4, -0.2) is 42.1 Å². The molecule has 43 heavy (non-hydrogen) atoms. The molecule has 1 amide bonds. The molecule has 3 aromatic heterocycles. The number of aromatic nitrogens is 5. The number of pyridine rings is 1. The minimum absolute atomic E-state index is 0.00119. The Morgan fingerprint density at radius 3 is 2.42 bits per heavy atom. The Labute approximate surface area is 245 Å². The van der Waals surface area contributed by atoms with Gasteiger partial charge in [0.05, 0.1) is 17.3 Å². The molecule has 2 aromatic carbocycles. The SMILES string of the molecule is Cc1cc(C(=O)NC2CCC(n3c(=O)c4cc(F)cnc4n(-c4cccc(-c5ccc(C=O)cc5)c4)c3=O)CC2)nn1C. The zero-order valence-corrected chi connectivity index (χ0v) is 23.7. The summed E-state index contributed by atoms with van der Waals surface area (Å²) in [6, 6.07) is 16.5. The summed E-state index contributed by atoms with van der Waals surface area (Å²) < 4.78 is 18.5. The van der Waals surface area contributed by atoms with Gasteiger partial charge in [0.2, 0.25) is 0 Å². The van der Waals surface area contributed by atoms with Crippen LogP contribution in [-0.2, 0) is 7.05 Å². The number of aldehydes is 1. The first kappa shape index (κ1) is 28.0. The Morgan fingerprint density at radius 2 is 1.74 bits per heavy atom. The van der Waals surface area contributed by atoms with Gasteiger partial charge in [-0.2, -0.15) is 5.10 Å². The van der Waals surface area contributed by atoms with Crippen LogP contribution < -0.4 is 16.6 Å². The van der Waals surface area contributed by atoms with Crippen molar-refractivity contribution in [1.82, 2.24) is 29.2 Å². The molecule has 0 atom stereocenters. The monoisotopic (exact) mass is 580 g/mol. The standard InChI is InChI=1S/C32H29FN6O4/c1-19-14-28(36-37(19)2)30(41)35-24-10-12-25(13-11-24)39-31(42)27-16-23(33)17-34-29(27)38(32(39)43)26-5-3-4-22(15-26)21-8-6-20(18-40)7-9-21/h3-9,14-18,24-25H,10-13H2,1-2H3,(H,35,41). The number of hydrogen-bond acceptors (Lipinski definition) is 6. The summed E-state index contributed by atoms with van der Waals surface area (Å²) >= 11 is 0. The summed E-state index contributed by atoms with van der Waals surface area (Å²) in [6.45, 7) is 1.87. The van der Waals surface area contributed by atoms with E-state index in [1.807, 2.05) is 25.1 Å². The van der Waals surface area contributed by atoms with E-state index in [0.717, 1.165) is 35.4 Å². The highest BCUT2D eigenvalue weighted by molar-refractivity contribution is 5.92. The lowest BCUT2D eigenvalue weighted by atomic mass is 9.90. The van der Waals surface area contributed by atoms with Gasteiger partial charge >= 0.3 is 5.69 Å². The van der Waals surface area contributed by atoms with Crippen molar-refractivity contribution in [2.45, 2.75) is 44.7 Å². The van der Waals surface area contributed by atoms with Crippen LogP contribution in [0.2, 0.25) is 0 Å². The van der Waals surface area contributed by atoms with E-state index in [0.29, 0.717) is 42.6 Å². The van der Waals surface area contributed by atoms with E-state index in [-0.39, 0.29) is 23.0 Å². The second-order valence-corrected chi connectivity index (χ2v) is 10.9. The van der Waals surface area contributed by atoms with Gasteiger partial charge in [-0.05, 0) is 68.0 Å². The van der Waals surface area contributed by atoms with E-state index >= 15 is 0 Å². The highest BCUT2D eigenvalue weighted by Crippen LogP contribution is 2.28. The molecule has 11 heteroatoms. The molecular weight excluding hydrogens is 551 g/mol. The number of carbonyl (C=O) groups excluding carboxylic acids is 2. The van der Waals surface area contributed by atoms with Crippen molar-refractivity contribution in [2.24, 2.45) is 7.05 Å². The number of halogens is 1. The Bertz CT molecular complexity index is 1970. The third kappa shape index (κ3) is 5.29. The van der Waals surface area contributed by atoms with Gasteiger partial charge in [-0.3, -0.25) is 23.6 Å². The van der Waals surface area contributed by atoms with Gasteiger partial charge in [0, 0.05) is 30.4 Å². The minimum atomic E-state index is -0.679. The lowest BCUT2D eigenvalue weighted by molar-refractivity contribution is 0.0916. The average Bonchev–Trinajstić information content (AvgIpc) is 3.36. The fraction of sp³-hybridized carbons (Fsp3) is 0.250. The topological polar surface area (TPSA) is 121 Å². The highest BCUT2D eigenvalue weighted by Gasteiger charge is 2.28. The molecule has 0 aliphatic heterocycles. The summed E-state index contributed by atoms with van der Waals surface area (Å²) in [6.07, 6.45) is 3.81. The molecule has 3 heterocycles. The highest BCUT2D eigenvalue weighted by atomic mass is 19.1. The molecule has 1 aliphatic rings. The molecule has 218 valence electrons. The van der Waals surface area contributed by atoms with E-state index in [1.54, 1.807) is 48.1 Å². The molecule has 1 fully saturated rings. The van der Waals surface area contributed by atoms with Gasteiger partial charge in [0.25, 0.3) is 11.5 Å². The van der Waals surface area contributed by atoms with Crippen molar-refractivity contribution in [2.75, 3.05) is 0 Å². The number of rotatable bonds is 6. The molecule has 6 rings (SSSR count).